The van der Waals surface area contributed by atoms with Crippen molar-refractivity contribution in [2.75, 3.05) is 5.88 Å². The number of benzene rings is 2. The van der Waals surface area contributed by atoms with Crippen molar-refractivity contribution in [3.63, 3.8) is 0 Å². The predicted octanol–water partition coefficient (Wildman–Crippen LogP) is 4.76. The lowest BCUT2D eigenvalue weighted by Crippen LogP contribution is -2.43. The SMILES string of the molecule is O=C(Cc1ccccc1)N1CSC1=Nc1cc(Cl)cc(Cl)c1. The molecule has 0 unspecified atom stereocenters. The van der Waals surface area contributed by atoms with Gasteiger partial charge in [0.05, 0.1) is 18.0 Å². The second-order valence-corrected chi connectivity index (χ2v) is 6.56. The molecule has 1 aliphatic heterocycles. The second kappa shape index (κ2) is 6.73. The molecule has 2 aromatic rings. The van der Waals surface area contributed by atoms with E-state index >= 15 is 0 Å². The maximum Gasteiger partial charge on any atom is 0.233 e. The van der Waals surface area contributed by atoms with Gasteiger partial charge in [-0.2, -0.15) is 0 Å². The molecule has 1 amide bonds. The van der Waals surface area contributed by atoms with Gasteiger partial charge in [0, 0.05) is 10.0 Å². The largest absolute Gasteiger partial charge is 0.281 e. The molecule has 0 radical (unpaired) electrons. The normalized spacial score (nSPS) is 15.7. The van der Waals surface area contributed by atoms with E-state index in [2.05, 4.69) is 4.99 Å². The number of carbonyl (C=O) groups excluding carboxylic acids is 1. The number of halogens is 2. The van der Waals surface area contributed by atoms with Gasteiger partial charge in [-0.1, -0.05) is 65.3 Å². The minimum absolute atomic E-state index is 0.0387. The van der Waals surface area contributed by atoms with Crippen molar-refractivity contribution in [1.29, 1.82) is 0 Å². The number of hydrogen-bond acceptors (Lipinski definition) is 3. The Labute approximate surface area is 142 Å². The van der Waals surface area contributed by atoms with E-state index in [0.717, 1.165) is 5.56 Å². The van der Waals surface area contributed by atoms with E-state index in [1.807, 2.05) is 30.3 Å². The highest BCUT2D eigenvalue weighted by molar-refractivity contribution is 8.15. The molecule has 2 aromatic carbocycles. The lowest BCUT2D eigenvalue weighted by molar-refractivity contribution is -0.126. The molecule has 112 valence electrons. The Hall–Kier alpha value is -1.49. The molecule has 6 heteroatoms. The number of carbonyl (C=O) groups is 1. The average molecular weight is 351 g/mol. The van der Waals surface area contributed by atoms with Crippen LogP contribution in [0.4, 0.5) is 5.69 Å². The summed E-state index contributed by atoms with van der Waals surface area (Å²) in [6, 6.07) is 14.8. The summed E-state index contributed by atoms with van der Waals surface area (Å²) >= 11 is 13.4. The van der Waals surface area contributed by atoms with Crippen LogP contribution in [0.25, 0.3) is 0 Å². The zero-order valence-electron chi connectivity index (χ0n) is 11.5. The Morgan fingerprint density at radius 3 is 2.41 bits per heavy atom. The first kappa shape index (κ1) is 15.4. The zero-order chi connectivity index (χ0) is 15.5. The molecular formula is C16H12Cl2N2OS. The fourth-order valence-electron chi connectivity index (χ4n) is 2.04. The third kappa shape index (κ3) is 3.64. The van der Waals surface area contributed by atoms with Crippen LogP contribution in [0.5, 0.6) is 0 Å². The highest BCUT2D eigenvalue weighted by Gasteiger charge is 2.29. The highest BCUT2D eigenvalue weighted by Crippen LogP contribution is 2.30. The quantitative estimate of drug-likeness (QED) is 0.799. The van der Waals surface area contributed by atoms with E-state index in [1.165, 1.54) is 11.8 Å². The Morgan fingerprint density at radius 1 is 1.14 bits per heavy atom. The minimum atomic E-state index is 0.0387. The van der Waals surface area contributed by atoms with Gasteiger partial charge < -0.3 is 0 Å². The van der Waals surface area contributed by atoms with E-state index in [4.69, 9.17) is 23.2 Å². The Bertz CT molecular complexity index is 714. The first-order chi connectivity index (χ1) is 10.6. The summed E-state index contributed by atoms with van der Waals surface area (Å²) in [5.74, 6) is 0.663. The fraction of sp³-hybridized carbons (Fsp3) is 0.125. The Balaban J connectivity index is 1.73. The van der Waals surface area contributed by atoms with Gasteiger partial charge >= 0.3 is 0 Å². The summed E-state index contributed by atoms with van der Waals surface area (Å²) in [6.07, 6.45) is 0.372. The van der Waals surface area contributed by atoms with Gasteiger partial charge in [0.25, 0.3) is 0 Å². The lowest BCUT2D eigenvalue weighted by Gasteiger charge is -2.31. The van der Waals surface area contributed by atoms with E-state index in [-0.39, 0.29) is 5.91 Å². The smallest absolute Gasteiger partial charge is 0.233 e. The van der Waals surface area contributed by atoms with Crippen molar-refractivity contribution in [3.05, 3.63) is 64.1 Å². The van der Waals surface area contributed by atoms with Gasteiger partial charge in [-0.15, -0.1) is 0 Å². The van der Waals surface area contributed by atoms with Crippen molar-refractivity contribution in [1.82, 2.24) is 4.90 Å². The van der Waals surface area contributed by atoms with Crippen LogP contribution < -0.4 is 0 Å². The predicted molar refractivity (Wildman–Crippen MR) is 93.0 cm³/mol. The van der Waals surface area contributed by atoms with Gasteiger partial charge in [0.2, 0.25) is 5.91 Å². The molecule has 3 rings (SSSR count). The van der Waals surface area contributed by atoms with E-state index in [1.54, 1.807) is 23.1 Å². The van der Waals surface area contributed by atoms with Gasteiger partial charge in [0.1, 0.15) is 0 Å². The van der Waals surface area contributed by atoms with Crippen LogP contribution in [-0.4, -0.2) is 21.9 Å². The van der Waals surface area contributed by atoms with Crippen LogP contribution in [-0.2, 0) is 11.2 Å². The first-order valence-electron chi connectivity index (χ1n) is 6.64. The molecule has 22 heavy (non-hydrogen) atoms. The maximum absolute atomic E-state index is 12.3. The number of thioether (sulfide) groups is 1. The number of rotatable bonds is 3. The zero-order valence-corrected chi connectivity index (χ0v) is 13.8. The first-order valence-corrected chi connectivity index (χ1v) is 8.38. The number of amides is 1. The monoisotopic (exact) mass is 350 g/mol. The number of amidine groups is 1. The van der Waals surface area contributed by atoms with Crippen LogP contribution in [0, 0.1) is 0 Å². The third-order valence-corrected chi connectivity index (χ3v) is 4.52. The van der Waals surface area contributed by atoms with Gasteiger partial charge in [-0.05, 0) is 23.8 Å². The van der Waals surface area contributed by atoms with Crippen LogP contribution in [0.2, 0.25) is 10.0 Å². The highest BCUT2D eigenvalue weighted by atomic mass is 35.5. The maximum atomic E-state index is 12.3. The average Bonchev–Trinajstić information content (AvgIpc) is 2.43. The number of hydrogen-bond donors (Lipinski definition) is 0. The summed E-state index contributed by atoms with van der Waals surface area (Å²) in [5, 5.41) is 1.73. The summed E-state index contributed by atoms with van der Waals surface area (Å²) in [4.78, 5) is 18.4. The van der Waals surface area contributed by atoms with Crippen LogP contribution in [0.1, 0.15) is 5.56 Å². The molecule has 1 heterocycles. The van der Waals surface area contributed by atoms with Gasteiger partial charge in [-0.25, -0.2) is 4.99 Å². The van der Waals surface area contributed by atoms with Crippen LogP contribution in [0.15, 0.2) is 53.5 Å². The van der Waals surface area contributed by atoms with Gasteiger partial charge in [0.15, 0.2) is 5.17 Å². The topological polar surface area (TPSA) is 32.7 Å². The summed E-state index contributed by atoms with van der Waals surface area (Å²) in [6.45, 7) is 0. The van der Waals surface area contributed by atoms with Crippen molar-refractivity contribution in [2.24, 2.45) is 4.99 Å². The van der Waals surface area contributed by atoms with Crippen molar-refractivity contribution >= 4 is 51.7 Å². The molecule has 1 saturated heterocycles. The molecule has 0 atom stereocenters. The fourth-order valence-corrected chi connectivity index (χ4v) is 3.34. The molecular weight excluding hydrogens is 339 g/mol. The van der Waals surface area contributed by atoms with Crippen LogP contribution in [0.3, 0.4) is 0 Å². The van der Waals surface area contributed by atoms with E-state index < -0.39 is 0 Å². The van der Waals surface area contributed by atoms with E-state index in [9.17, 15) is 4.79 Å². The summed E-state index contributed by atoms with van der Waals surface area (Å²) in [7, 11) is 0. The standard InChI is InChI=1S/C16H12Cl2N2OS/c17-12-7-13(18)9-14(8-12)19-16-20(10-22-16)15(21)6-11-4-2-1-3-5-11/h1-5,7-9H,6,10H2. The molecule has 0 N–H and O–H groups in total. The third-order valence-electron chi connectivity index (χ3n) is 3.12. The lowest BCUT2D eigenvalue weighted by atomic mass is 10.1. The Morgan fingerprint density at radius 2 is 1.82 bits per heavy atom. The van der Waals surface area contributed by atoms with Crippen molar-refractivity contribution in [3.8, 4) is 0 Å². The number of aliphatic imine (C=N–C) groups is 1. The Kier molecular flexibility index (Phi) is 4.71. The molecule has 0 saturated carbocycles. The molecule has 3 nitrogen and oxygen atoms in total. The molecule has 0 aliphatic carbocycles. The molecule has 0 bridgehead atoms. The second-order valence-electron chi connectivity index (χ2n) is 4.78. The van der Waals surface area contributed by atoms with E-state index in [0.29, 0.717) is 33.2 Å². The molecule has 0 spiro atoms. The van der Waals surface area contributed by atoms with Crippen molar-refractivity contribution in [2.45, 2.75) is 6.42 Å². The minimum Gasteiger partial charge on any atom is -0.281 e. The van der Waals surface area contributed by atoms with Crippen LogP contribution >= 0.6 is 35.0 Å². The molecule has 1 aliphatic rings. The van der Waals surface area contributed by atoms with Crippen molar-refractivity contribution < 1.29 is 4.79 Å². The molecule has 0 aromatic heterocycles. The summed E-state index contributed by atoms with van der Waals surface area (Å²) in [5.41, 5.74) is 1.65. The summed E-state index contributed by atoms with van der Waals surface area (Å²) < 4.78 is 0. The molecule has 1 fully saturated rings. The van der Waals surface area contributed by atoms with Gasteiger partial charge in [-0.3, -0.25) is 9.69 Å². The number of nitrogens with zero attached hydrogens (tertiary/aromatic N) is 2.